The van der Waals surface area contributed by atoms with E-state index < -0.39 is 0 Å². The van der Waals surface area contributed by atoms with Crippen LogP contribution in [0.1, 0.15) is 25.7 Å². The summed E-state index contributed by atoms with van der Waals surface area (Å²) in [5.41, 5.74) is 0. The molecule has 6 atom stereocenters. The van der Waals surface area contributed by atoms with Crippen LogP contribution < -0.4 is 5.32 Å². The van der Waals surface area contributed by atoms with Crippen LogP contribution in [-0.2, 0) is 0 Å². The van der Waals surface area contributed by atoms with Gasteiger partial charge in [-0.3, -0.25) is 0 Å². The maximum atomic E-state index is 10.1. The van der Waals surface area contributed by atoms with Crippen molar-refractivity contribution in [1.29, 1.82) is 0 Å². The quantitative estimate of drug-likeness (QED) is 0.670. The second-order valence-corrected chi connectivity index (χ2v) is 6.47. The lowest BCUT2D eigenvalue weighted by atomic mass is 9.73. The Kier molecular flexibility index (Phi) is 4.96. The first-order chi connectivity index (χ1) is 8.11. The summed E-state index contributed by atoms with van der Waals surface area (Å²) in [6, 6.07) is 0.170. The Morgan fingerprint density at radius 2 is 1.82 bits per heavy atom. The van der Waals surface area contributed by atoms with E-state index in [0.717, 1.165) is 25.8 Å². The molecular formula is C12H21Cl2NO2. The third-order valence-electron chi connectivity index (χ3n) is 4.21. The van der Waals surface area contributed by atoms with Crippen molar-refractivity contribution >= 4 is 23.2 Å². The lowest BCUT2D eigenvalue weighted by Crippen LogP contribution is -2.47. The van der Waals surface area contributed by atoms with E-state index in [1.54, 1.807) is 0 Å². The van der Waals surface area contributed by atoms with Crippen molar-refractivity contribution in [3.8, 4) is 0 Å². The molecule has 3 nitrogen and oxygen atoms in total. The minimum Gasteiger partial charge on any atom is -0.395 e. The fourth-order valence-electron chi connectivity index (χ4n) is 3.19. The first kappa shape index (κ1) is 13.9. The van der Waals surface area contributed by atoms with E-state index in [1.165, 1.54) is 0 Å². The Labute approximate surface area is 112 Å². The van der Waals surface area contributed by atoms with Gasteiger partial charge in [0.05, 0.1) is 23.5 Å². The third kappa shape index (κ3) is 3.27. The average molecular weight is 282 g/mol. The smallest absolute Gasteiger partial charge is 0.0586 e. The SMILES string of the molecule is OC[C@@H]1C[C@H](C2CC(Cl)C(Cl)CC2O)CCN1. The molecule has 1 heterocycles. The average Bonchev–Trinajstić information content (AvgIpc) is 2.34. The van der Waals surface area contributed by atoms with Gasteiger partial charge in [0.15, 0.2) is 0 Å². The molecule has 1 saturated carbocycles. The van der Waals surface area contributed by atoms with Gasteiger partial charge < -0.3 is 15.5 Å². The van der Waals surface area contributed by atoms with Crippen molar-refractivity contribution in [3.63, 3.8) is 0 Å². The molecule has 2 aliphatic rings. The molecule has 0 aromatic carbocycles. The van der Waals surface area contributed by atoms with E-state index in [2.05, 4.69) is 5.32 Å². The van der Waals surface area contributed by atoms with Gasteiger partial charge in [-0.05, 0) is 44.1 Å². The highest BCUT2D eigenvalue weighted by Crippen LogP contribution is 2.39. The molecule has 0 amide bonds. The molecule has 100 valence electrons. The summed E-state index contributed by atoms with van der Waals surface area (Å²) in [4.78, 5) is 0. The van der Waals surface area contributed by atoms with Crippen LogP contribution in [0.2, 0.25) is 0 Å². The number of rotatable bonds is 2. The van der Waals surface area contributed by atoms with Crippen LogP contribution in [0.4, 0.5) is 0 Å². The molecule has 17 heavy (non-hydrogen) atoms. The van der Waals surface area contributed by atoms with E-state index >= 15 is 0 Å². The first-order valence-electron chi connectivity index (χ1n) is 6.42. The van der Waals surface area contributed by atoms with Crippen molar-refractivity contribution in [2.45, 2.75) is 48.6 Å². The minimum absolute atomic E-state index is 0.0347. The number of aliphatic hydroxyl groups excluding tert-OH is 2. The van der Waals surface area contributed by atoms with E-state index in [0.29, 0.717) is 12.3 Å². The molecule has 3 N–H and O–H groups in total. The lowest BCUT2D eigenvalue weighted by molar-refractivity contribution is 0.0215. The molecule has 0 aromatic rings. The van der Waals surface area contributed by atoms with Gasteiger partial charge in [0.1, 0.15) is 0 Å². The first-order valence-corrected chi connectivity index (χ1v) is 7.29. The number of hydrogen-bond donors (Lipinski definition) is 3. The predicted octanol–water partition coefficient (Wildman–Crippen LogP) is 1.33. The number of hydrogen-bond acceptors (Lipinski definition) is 3. The molecule has 1 saturated heterocycles. The van der Waals surface area contributed by atoms with Crippen molar-refractivity contribution in [3.05, 3.63) is 0 Å². The molecule has 0 bridgehead atoms. The van der Waals surface area contributed by atoms with Crippen LogP contribution in [-0.4, -0.2) is 46.3 Å². The predicted molar refractivity (Wildman–Crippen MR) is 69.6 cm³/mol. The minimum atomic E-state index is -0.338. The summed E-state index contributed by atoms with van der Waals surface area (Å²) < 4.78 is 0. The second-order valence-electron chi connectivity index (χ2n) is 5.35. The lowest BCUT2D eigenvalue weighted by Gasteiger charge is -2.41. The highest BCUT2D eigenvalue weighted by atomic mass is 35.5. The van der Waals surface area contributed by atoms with Gasteiger partial charge in [-0.15, -0.1) is 23.2 Å². The van der Waals surface area contributed by atoms with Crippen LogP contribution in [0.5, 0.6) is 0 Å². The third-order valence-corrected chi connectivity index (χ3v) is 5.31. The highest BCUT2D eigenvalue weighted by molar-refractivity contribution is 6.30. The van der Waals surface area contributed by atoms with Crippen molar-refractivity contribution in [2.75, 3.05) is 13.2 Å². The zero-order valence-electron chi connectivity index (χ0n) is 9.86. The summed E-state index contributed by atoms with van der Waals surface area (Å²) in [6.45, 7) is 1.08. The standard InChI is InChI=1S/C12H21Cl2NO2/c13-10-4-9(12(17)5-11(10)14)7-1-2-15-8(3-7)6-16/h7-12,15-17H,1-6H2/t7-,8+,9?,10?,11?,12?/m1/s1. The summed E-state index contributed by atoms with van der Waals surface area (Å²) in [5, 5.41) is 22.5. The Hall–Kier alpha value is 0.460. The second kappa shape index (κ2) is 6.07. The summed E-state index contributed by atoms with van der Waals surface area (Å²) >= 11 is 12.3. The van der Waals surface area contributed by atoms with Crippen LogP contribution in [0, 0.1) is 11.8 Å². The van der Waals surface area contributed by atoms with Crippen LogP contribution in [0.15, 0.2) is 0 Å². The molecule has 2 rings (SSSR count). The van der Waals surface area contributed by atoms with E-state index in [-0.39, 0.29) is 35.4 Å². The Bertz CT molecular complexity index is 255. The Morgan fingerprint density at radius 1 is 1.12 bits per heavy atom. The largest absolute Gasteiger partial charge is 0.395 e. The highest BCUT2D eigenvalue weighted by Gasteiger charge is 2.39. The maximum absolute atomic E-state index is 10.1. The van der Waals surface area contributed by atoms with Gasteiger partial charge in [0, 0.05) is 6.04 Å². The van der Waals surface area contributed by atoms with Crippen LogP contribution >= 0.6 is 23.2 Å². The zero-order valence-corrected chi connectivity index (χ0v) is 11.4. The van der Waals surface area contributed by atoms with Gasteiger partial charge >= 0.3 is 0 Å². The topological polar surface area (TPSA) is 52.5 Å². The molecule has 1 aliphatic heterocycles. The normalized spacial score (nSPS) is 48.0. The molecule has 0 spiro atoms. The molecule has 0 radical (unpaired) electrons. The molecule has 4 unspecified atom stereocenters. The molecule has 1 aliphatic carbocycles. The van der Waals surface area contributed by atoms with E-state index in [1.807, 2.05) is 0 Å². The summed E-state index contributed by atoms with van der Waals surface area (Å²) in [5.74, 6) is 0.692. The van der Waals surface area contributed by atoms with Crippen LogP contribution in [0.3, 0.4) is 0 Å². The Balaban J connectivity index is 1.96. The number of halogens is 2. The van der Waals surface area contributed by atoms with E-state index in [9.17, 15) is 10.2 Å². The maximum Gasteiger partial charge on any atom is 0.0586 e. The van der Waals surface area contributed by atoms with Gasteiger partial charge in [0.2, 0.25) is 0 Å². The molecule has 0 aromatic heterocycles. The molecule has 5 heteroatoms. The number of aliphatic hydroxyl groups is 2. The fourth-order valence-corrected chi connectivity index (χ4v) is 3.79. The van der Waals surface area contributed by atoms with Crippen molar-refractivity contribution in [2.24, 2.45) is 11.8 Å². The number of nitrogens with one attached hydrogen (secondary N) is 1. The van der Waals surface area contributed by atoms with Gasteiger partial charge in [-0.2, -0.15) is 0 Å². The summed E-state index contributed by atoms with van der Waals surface area (Å²) in [7, 11) is 0. The Morgan fingerprint density at radius 3 is 2.53 bits per heavy atom. The monoisotopic (exact) mass is 281 g/mol. The van der Waals surface area contributed by atoms with Gasteiger partial charge in [0.25, 0.3) is 0 Å². The molecule has 2 fully saturated rings. The van der Waals surface area contributed by atoms with Gasteiger partial charge in [-0.1, -0.05) is 0 Å². The number of alkyl halides is 2. The van der Waals surface area contributed by atoms with Crippen LogP contribution in [0.25, 0.3) is 0 Å². The van der Waals surface area contributed by atoms with E-state index in [4.69, 9.17) is 23.2 Å². The van der Waals surface area contributed by atoms with Crippen molar-refractivity contribution < 1.29 is 10.2 Å². The summed E-state index contributed by atoms with van der Waals surface area (Å²) in [6.07, 6.45) is 3.02. The van der Waals surface area contributed by atoms with Gasteiger partial charge in [-0.25, -0.2) is 0 Å². The van der Waals surface area contributed by atoms with Crippen molar-refractivity contribution in [1.82, 2.24) is 5.32 Å². The zero-order chi connectivity index (χ0) is 12.4. The fraction of sp³-hybridized carbons (Fsp3) is 1.00. The number of piperidine rings is 1. The molecular weight excluding hydrogens is 261 g/mol.